The van der Waals surface area contributed by atoms with Gasteiger partial charge in [0.25, 0.3) is 11.8 Å². The van der Waals surface area contributed by atoms with E-state index in [0.29, 0.717) is 27.7 Å². The van der Waals surface area contributed by atoms with E-state index in [1.54, 1.807) is 18.2 Å². The second kappa shape index (κ2) is 9.76. The number of aryl methyl sites for hydroxylation is 2. The van der Waals surface area contributed by atoms with Crippen molar-refractivity contribution < 1.29 is 14.3 Å². The lowest BCUT2D eigenvalue weighted by Crippen LogP contribution is -2.21. The molecule has 4 aromatic rings. The van der Waals surface area contributed by atoms with Crippen molar-refractivity contribution in [3.05, 3.63) is 101 Å². The number of hydrogen-bond donors (Lipinski definition) is 2. The zero-order valence-corrected chi connectivity index (χ0v) is 19.1. The molecule has 4 rings (SSSR count). The molecule has 4 aromatic carbocycles. The summed E-state index contributed by atoms with van der Waals surface area (Å²) in [5, 5.41) is 7.90. The highest BCUT2D eigenvalue weighted by atomic mass is 35.5. The first-order valence-corrected chi connectivity index (χ1v) is 10.9. The molecular weight excluding hydrogens is 436 g/mol. The van der Waals surface area contributed by atoms with Crippen LogP contribution >= 0.6 is 11.6 Å². The largest absolute Gasteiger partial charge is 0.483 e. The normalized spacial score (nSPS) is 10.6. The Morgan fingerprint density at radius 3 is 2.36 bits per heavy atom. The van der Waals surface area contributed by atoms with Gasteiger partial charge in [0, 0.05) is 16.6 Å². The van der Waals surface area contributed by atoms with Crippen LogP contribution in [0.4, 0.5) is 11.4 Å². The Balaban J connectivity index is 1.44. The van der Waals surface area contributed by atoms with E-state index in [1.807, 2.05) is 74.5 Å². The van der Waals surface area contributed by atoms with Crippen LogP contribution in [-0.2, 0) is 4.79 Å². The van der Waals surface area contributed by atoms with E-state index in [-0.39, 0.29) is 18.4 Å². The lowest BCUT2D eigenvalue weighted by Gasteiger charge is -2.12. The molecule has 5 nitrogen and oxygen atoms in total. The number of carbonyl (C=O) groups excluding carboxylic acids is 2. The average molecular weight is 459 g/mol. The summed E-state index contributed by atoms with van der Waals surface area (Å²) >= 11 is 6.25. The summed E-state index contributed by atoms with van der Waals surface area (Å²) in [5.41, 5.74) is 3.54. The predicted octanol–water partition coefficient (Wildman–Crippen LogP) is 6.38. The fourth-order valence-corrected chi connectivity index (χ4v) is 3.83. The van der Waals surface area contributed by atoms with Gasteiger partial charge in [0.2, 0.25) is 0 Å². The first kappa shape index (κ1) is 22.4. The number of halogens is 1. The number of carbonyl (C=O) groups is 2. The van der Waals surface area contributed by atoms with E-state index in [1.165, 1.54) is 0 Å². The number of rotatable bonds is 6. The molecule has 0 aliphatic heterocycles. The Labute approximate surface area is 197 Å². The second-order valence-electron chi connectivity index (χ2n) is 7.84. The summed E-state index contributed by atoms with van der Waals surface area (Å²) in [5.74, 6) is -0.0493. The van der Waals surface area contributed by atoms with E-state index >= 15 is 0 Å². The quantitative estimate of drug-likeness (QED) is 0.352. The number of hydrogen-bond acceptors (Lipinski definition) is 3. The van der Waals surface area contributed by atoms with Crippen LogP contribution in [-0.4, -0.2) is 18.4 Å². The van der Waals surface area contributed by atoms with Crippen molar-refractivity contribution in [2.45, 2.75) is 13.8 Å². The summed E-state index contributed by atoms with van der Waals surface area (Å²) in [6.45, 7) is 3.75. The zero-order valence-electron chi connectivity index (χ0n) is 18.3. The lowest BCUT2D eigenvalue weighted by molar-refractivity contribution is -0.118. The van der Waals surface area contributed by atoms with Crippen LogP contribution in [0.5, 0.6) is 5.75 Å². The van der Waals surface area contributed by atoms with Crippen molar-refractivity contribution in [2.24, 2.45) is 0 Å². The summed E-state index contributed by atoms with van der Waals surface area (Å²) < 4.78 is 5.74. The van der Waals surface area contributed by atoms with Crippen molar-refractivity contribution >= 4 is 45.6 Å². The minimum atomic E-state index is -0.378. The standard InChI is InChI=1S/C27H23ClN2O3/c1-17-12-18(2)14-21(13-17)29-27(32)20-10-11-23(28)24(15-20)30-26(31)16-33-25-9-5-7-19-6-3-4-8-22(19)25/h3-15H,16H2,1-2H3,(H,29,32)(H,30,31). The van der Waals surface area contributed by atoms with Crippen LogP contribution in [0.1, 0.15) is 21.5 Å². The first-order valence-electron chi connectivity index (χ1n) is 10.5. The molecule has 166 valence electrons. The van der Waals surface area contributed by atoms with Crippen LogP contribution in [0.25, 0.3) is 10.8 Å². The molecule has 6 heteroatoms. The molecule has 0 bridgehead atoms. The highest BCUT2D eigenvalue weighted by Gasteiger charge is 2.13. The highest BCUT2D eigenvalue weighted by molar-refractivity contribution is 6.34. The van der Waals surface area contributed by atoms with Crippen LogP contribution in [0.15, 0.2) is 78.9 Å². The van der Waals surface area contributed by atoms with Gasteiger partial charge in [-0.05, 0) is 66.8 Å². The third-order valence-electron chi connectivity index (χ3n) is 5.09. The summed E-state index contributed by atoms with van der Waals surface area (Å²) in [4.78, 5) is 25.3. The molecule has 0 spiro atoms. The molecule has 0 aliphatic rings. The van der Waals surface area contributed by atoms with E-state index in [9.17, 15) is 9.59 Å². The predicted molar refractivity (Wildman–Crippen MR) is 133 cm³/mol. The van der Waals surface area contributed by atoms with Crippen molar-refractivity contribution in [3.63, 3.8) is 0 Å². The number of amides is 2. The number of anilines is 2. The molecule has 0 radical (unpaired) electrons. The summed E-state index contributed by atoms with van der Waals surface area (Å²) in [6.07, 6.45) is 0. The number of ether oxygens (including phenoxy) is 1. The molecule has 0 fully saturated rings. The number of fused-ring (bicyclic) bond motifs is 1. The highest BCUT2D eigenvalue weighted by Crippen LogP contribution is 2.26. The van der Waals surface area contributed by atoms with Gasteiger partial charge in [-0.3, -0.25) is 9.59 Å². The van der Waals surface area contributed by atoms with Crippen molar-refractivity contribution in [1.29, 1.82) is 0 Å². The number of benzene rings is 4. The van der Waals surface area contributed by atoms with Gasteiger partial charge in [0.05, 0.1) is 10.7 Å². The van der Waals surface area contributed by atoms with E-state index < -0.39 is 0 Å². The van der Waals surface area contributed by atoms with Crippen LogP contribution < -0.4 is 15.4 Å². The second-order valence-corrected chi connectivity index (χ2v) is 8.25. The average Bonchev–Trinajstić information content (AvgIpc) is 2.78. The third-order valence-corrected chi connectivity index (χ3v) is 5.42. The Morgan fingerprint density at radius 1 is 0.848 bits per heavy atom. The van der Waals surface area contributed by atoms with Gasteiger partial charge in [0.15, 0.2) is 6.61 Å². The summed E-state index contributed by atoms with van der Waals surface area (Å²) in [6, 6.07) is 24.1. The monoisotopic (exact) mass is 458 g/mol. The van der Waals surface area contributed by atoms with Crippen molar-refractivity contribution in [1.82, 2.24) is 0 Å². The molecule has 0 aromatic heterocycles. The lowest BCUT2D eigenvalue weighted by atomic mass is 10.1. The van der Waals surface area contributed by atoms with Gasteiger partial charge >= 0.3 is 0 Å². The van der Waals surface area contributed by atoms with Crippen molar-refractivity contribution in [2.75, 3.05) is 17.2 Å². The Hall–Kier alpha value is -3.83. The molecule has 2 amide bonds. The maximum atomic E-state index is 12.7. The van der Waals surface area contributed by atoms with E-state index in [0.717, 1.165) is 21.9 Å². The molecule has 0 atom stereocenters. The molecule has 33 heavy (non-hydrogen) atoms. The Morgan fingerprint density at radius 2 is 1.58 bits per heavy atom. The van der Waals surface area contributed by atoms with Crippen LogP contribution in [0.3, 0.4) is 0 Å². The molecule has 0 aliphatic carbocycles. The molecular formula is C27H23ClN2O3. The van der Waals surface area contributed by atoms with Gasteiger partial charge in [-0.2, -0.15) is 0 Å². The van der Waals surface area contributed by atoms with Crippen LogP contribution in [0.2, 0.25) is 5.02 Å². The molecule has 2 N–H and O–H groups in total. The minimum Gasteiger partial charge on any atom is -0.483 e. The fraction of sp³-hybridized carbons (Fsp3) is 0.111. The minimum absolute atomic E-state index is 0.191. The van der Waals surface area contributed by atoms with E-state index in [4.69, 9.17) is 16.3 Å². The van der Waals surface area contributed by atoms with Gasteiger partial charge in [-0.15, -0.1) is 0 Å². The Kier molecular flexibility index (Phi) is 6.61. The molecule has 0 saturated heterocycles. The number of nitrogens with one attached hydrogen (secondary N) is 2. The zero-order chi connectivity index (χ0) is 23.4. The Bertz CT molecular complexity index is 1330. The third kappa shape index (κ3) is 5.51. The summed E-state index contributed by atoms with van der Waals surface area (Å²) in [7, 11) is 0. The van der Waals surface area contributed by atoms with Gasteiger partial charge in [-0.25, -0.2) is 0 Å². The van der Waals surface area contributed by atoms with Crippen molar-refractivity contribution in [3.8, 4) is 5.75 Å². The molecule has 0 unspecified atom stereocenters. The smallest absolute Gasteiger partial charge is 0.262 e. The van der Waals surface area contributed by atoms with Gasteiger partial charge < -0.3 is 15.4 Å². The first-order chi connectivity index (χ1) is 15.9. The SMILES string of the molecule is Cc1cc(C)cc(NC(=O)c2ccc(Cl)c(NC(=O)COc3cccc4ccccc34)c2)c1. The van der Waals surface area contributed by atoms with E-state index in [2.05, 4.69) is 10.6 Å². The van der Waals surface area contributed by atoms with Gasteiger partial charge in [0.1, 0.15) is 5.75 Å². The maximum Gasteiger partial charge on any atom is 0.262 e. The van der Waals surface area contributed by atoms with Gasteiger partial charge in [-0.1, -0.05) is 54.1 Å². The molecule has 0 heterocycles. The topological polar surface area (TPSA) is 67.4 Å². The maximum absolute atomic E-state index is 12.7. The fourth-order valence-electron chi connectivity index (χ4n) is 3.66. The van der Waals surface area contributed by atoms with Crippen LogP contribution in [0, 0.1) is 13.8 Å². The molecule has 0 saturated carbocycles.